The first-order chi connectivity index (χ1) is 12.5. The Kier molecular flexibility index (Phi) is 10.6. The Morgan fingerprint density at radius 1 is 0.593 bits per heavy atom. The van der Waals surface area contributed by atoms with Crippen LogP contribution >= 0.6 is 127 Å². The van der Waals surface area contributed by atoms with Crippen LogP contribution in [0.25, 0.3) is 0 Å². The van der Waals surface area contributed by atoms with Crippen molar-refractivity contribution < 1.29 is 4.74 Å². The molecule has 9 heteroatoms. The van der Waals surface area contributed by atoms with Crippen LogP contribution in [0.2, 0.25) is 0 Å². The van der Waals surface area contributed by atoms with Crippen molar-refractivity contribution in [2.24, 2.45) is 0 Å². The lowest BCUT2D eigenvalue weighted by atomic mass is 10.0. The van der Waals surface area contributed by atoms with Gasteiger partial charge in [-0.05, 0) is 38.1 Å². The highest BCUT2D eigenvalue weighted by atomic mass is 79.9. The Balaban J connectivity index is 2.53. The molecule has 0 aliphatic carbocycles. The molecule has 0 saturated carbocycles. The van der Waals surface area contributed by atoms with Crippen molar-refractivity contribution in [1.29, 1.82) is 0 Å². The summed E-state index contributed by atoms with van der Waals surface area (Å²) in [5.74, 6) is 0. The molecule has 0 N–H and O–H groups in total. The van der Waals surface area contributed by atoms with Gasteiger partial charge in [-0.3, -0.25) is 0 Å². The van der Waals surface area contributed by atoms with Gasteiger partial charge >= 0.3 is 0 Å². The predicted octanol–water partition coefficient (Wildman–Crippen LogP) is 10.6. The summed E-state index contributed by atoms with van der Waals surface area (Å²) < 4.78 is 12.6. The fraction of sp³-hybridized carbons (Fsp3) is 0.333. The van der Waals surface area contributed by atoms with Gasteiger partial charge < -0.3 is 4.74 Å². The Labute approximate surface area is 227 Å². The molecule has 0 bridgehead atoms. The number of halogens is 8. The zero-order valence-electron chi connectivity index (χ0n) is 14.1. The molecule has 0 aromatic heterocycles. The third kappa shape index (κ3) is 6.61. The second-order valence-electron chi connectivity index (χ2n) is 5.90. The van der Waals surface area contributed by atoms with E-state index in [1.165, 1.54) is 0 Å². The van der Waals surface area contributed by atoms with Crippen molar-refractivity contribution in [2.75, 3.05) is 0 Å². The number of hydrogen-bond acceptors (Lipinski definition) is 1. The molecule has 4 atom stereocenters. The van der Waals surface area contributed by atoms with Crippen LogP contribution in [0.1, 0.15) is 37.2 Å². The maximum absolute atomic E-state index is 6.70. The molecule has 0 fully saturated rings. The molecule has 0 aliphatic rings. The maximum atomic E-state index is 6.70. The third-order valence-electron chi connectivity index (χ3n) is 3.78. The molecule has 0 aliphatic heterocycles. The van der Waals surface area contributed by atoms with E-state index in [0.29, 0.717) is 0 Å². The lowest BCUT2D eigenvalue weighted by Gasteiger charge is -2.31. The van der Waals surface area contributed by atoms with Gasteiger partial charge in [0.25, 0.3) is 0 Å². The lowest BCUT2D eigenvalue weighted by molar-refractivity contribution is -0.0125. The molecule has 2 rings (SSSR count). The minimum absolute atomic E-state index is 0.0908. The van der Waals surface area contributed by atoms with Crippen molar-refractivity contribution in [2.45, 2.75) is 35.7 Å². The Hall–Kier alpha value is 2.24. The molecule has 1 nitrogen and oxygen atoms in total. The first-order valence-corrected chi connectivity index (χ1v) is 14.3. The summed E-state index contributed by atoms with van der Waals surface area (Å²) in [7, 11) is 0. The second-order valence-corrected chi connectivity index (χ2v) is 14.0. The van der Waals surface area contributed by atoms with Gasteiger partial charge in [-0.25, -0.2) is 0 Å². The Morgan fingerprint density at radius 3 is 1.07 bits per heavy atom. The fourth-order valence-electron chi connectivity index (χ4n) is 2.62. The smallest absolute Gasteiger partial charge is 0.0977 e. The van der Waals surface area contributed by atoms with Gasteiger partial charge in [0.15, 0.2) is 0 Å². The quantitative estimate of drug-likeness (QED) is 0.263. The van der Waals surface area contributed by atoms with Gasteiger partial charge in [0, 0.05) is 47.6 Å². The highest BCUT2D eigenvalue weighted by Crippen LogP contribution is 2.45. The monoisotopic (exact) mass is 877 g/mol. The summed E-state index contributed by atoms with van der Waals surface area (Å²) in [6.07, 6.45) is -0.372. The van der Waals surface area contributed by atoms with E-state index in [1.54, 1.807) is 0 Å². The van der Waals surface area contributed by atoms with Crippen molar-refractivity contribution in [3.8, 4) is 0 Å². The minimum atomic E-state index is -0.186. The van der Waals surface area contributed by atoms with Crippen molar-refractivity contribution in [3.63, 3.8) is 0 Å². The van der Waals surface area contributed by atoms with Crippen LogP contribution in [0.15, 0.2) is 51.1 Å². The standard InChI is InChI=1S/C18H14Br8O/c1-7(19)17(15-11(23)3-9(21)4-12(15)24)27-18(8(2)20)16-13(25)5-10(22)6-14(16)26/h3-8,17-18H,1-2H3. The van der Waals surface area contributed by atoms with E-state index < -0.39 is 0 Å². The first-order valence-electron chi connectivity index (χ1n) is 7.75. The van der Waals surface area contributed by atoms with E-state index in [1.807, 2.05) is 24.3 Å². The number of alkyl halides is 2. The fourth-order valence-corrected chi connectivity index (χ4v) is 8.82. The summed E-state index contributed by atoms with van der Waals surface area (Å²) in [6.45, 7) is 4.18. The van der Waals surface area contributed by atoms with Crippen LogP contribution in [-0.4, -0.2) is 9.65 Å². The van der Waals surface area contributed by atoms with E-state index in [0.717, 1.165) is 38.0 Å². The minimum Gasteiger partial charge on any atom is -0.363 e. The highest BCUT2D eigenvalue weighted by molar-refractivity contribution is 9.12. The average Bonchev–Trinajstić information content (AvgIpc) is 2.49. The van der Waals surface area contributed by atoms with Gasteiger partial charge in [0.2, 0.25) is 0 Å². The molecule has 0 spiro atoms. The summed E-state index contributed by atoms with van der Waals surface area (Å²) in [4.78, 5) is 0.182. The van der Waals surface area contributed by atoms with Gasteiger partial charge in [-0.2, -0.15) is 0 Å². The number of benzene rings is 2. The number of hydrogen-bond donors (Lipinski definition) is 0. The zero-order chi connectivity index (χ0) is 20.5. The third-order valence-corrected chi connectivity index (χ3v) is 8.28. The van der Waals surface area contributed by atoms with Crippen molar-refractivity contribution in [1.82, 2.24) is 0 Å². The maximum Gasteiger partial charge on any atom is 0.0977 e. The molecule has 27 heavy (non-hydrogen) atoms. The Morgan fingerprint density at radius 2 is 0.852 bits per heavy atom. The molecule has 2 aromatic carbocycles. The van der Waals surface area contributed by atoms with Crippen LogP contribution in [0.4, 0.5) is 0 Å². The van der Waals surface area contributed by atoms with Gasteiger partial charge in [-0.15, -0.1) is 0 Å². The summed E-state index contributed by atoms with van der Waals surface area (Å²) in [5, 5.41) is 0. The van der Waals surface area contributed by atoms with E-state index >= 15 is 0 Å². The summed E-state index contributed by atoms with van der Waals surface area (Å²) in [6, 6.07) is 8.13. The normalized spacial score (nSPS) is 16.1. The van der Waals surface area contributed by atoms with E-state index in [-0.39, 0.29) is 21.9 Å². The van der Waals surface area contributed by atoms with Crippen LogP contribution in [0, 0.1) is 0 Å². The molecule has 148 valence electrons. The molecular weight excluding hydrogens is 871 g/mol. The van der Waals surface area contributed by atoms with Crippen LogP contribution in [0.5, 0.6) is 0 Å². The van der Waals surface area contributed by atoms with Crippen LogP contribution in [-0.2, 0) is 4.74 Å². The average molecular weight is 886 g/mol. The van der Waals surface area contributed by atoms with Crippen molar-refractivity contribution >= 4 is 127 Å². The first kappa shape index (κ1) is 25.5. The second kappa shape index (κ2) is 11.2. The molecule has 2 aromatic rings. The van der Waals surface area contributed by atoms with E-state index in [4.69, 9.17) is 4.74 Å². The van der Waals surface area contributed by atoms with Crippen LogP contribution in [0.3, 0.4) is 0 Å². The van der Waals surface area contributed by atoms with Crippen LogP contribution < -0.4 is 0 Å². The largest absolute Gasteiger partial charge is 0.363 e. The SMILES string of the molecule is CC(Br)C(OC(c1c(Br)cc(Br)cc1Br)C(C)Br)c1c(Br)cc(Br)cc1Br. The van der Waals surface area contributed by atoms with Gasteiger partial charge in [0.1, 0.15) is 0 Å². The molecule has 4 unspecified atom stereocenters. The Bertz CT molecular complexity index is 707. The summed E-state index contributed by atoms with van der Waals surface area (Å²) >= 11 is 29.3. The molecule has 0 saturated heterocycles. The van der Waals surface area contributed by atoms with E-state index in [2.05, 4.69) is 141 Å². The summed E-state index contributed by atoms with van der Waals surface area (Å²) in [5.41, 5.74) is 2.12. The molecule has 0 amide bonds. The highest BCUT2D eigenvalue weighted by Gasteiger charge is 2.31. The topological polar surface area (TPSA) is 9.23 Å². The zero-order valence-corrected chi connectivity index (χ0v) is 26.7. The number of rotatable bonds is 6. The lowest BCUT2D eigenvalue weighted by Crippen LogP contribution is -2.22. The van der Waals surface area contributed by atoms with Gasteiger partial charge in [-0.1, -0.05) is 127 Å². The van der Waals surface area contributed by atoms with Crippen molar-refractivity contribution in [3.05, 3.63) is 62.2 Å². The molecule has 0 radical (unpaired) electrons. The molecular formula is C18H14Br8O. The molecule has 0 heterocycles. The number of ether oxygens (including phenoxy) is 1. The predicted molar refractivity (Wildman–Crippen MR) is 142 cm³/mol. The van der Waals surface area contributed by atoms with Gasteiger partial charge in [0.05, 0.1) is 12.2 Å². The van der Waals surface area contributed by atoms with E-state index in [9.17, 15) is 0 Å².